The van der Waals surface area contributed by atoms with Crippen molar-refractivity contribution < 1.29 is 32.2 Å². The smallest absolute Gasteiger partial charge is 0.251 e. The van der Waals surface area contributed by atoms with E-state index < -0.39 is 28.8 Å². The van der Waals surface area contributed by atoms with Gasteiger partial charge in [-0.3, -0.25) is 14.6 Å². The van der Waals surface area contributed by atoms with Gasteiger partial charge in [0, 0.05) is 52.5 Å². The minimum absolute atomic E-state index is 0.0732. The van der Waals surface area contributed by atoms with Crippen LogP contribution in [0.5, 0.6) is 11.5 Å². The van der Waals surface area contributed by atoms with Crippen molar-refractivity contribution in [1.29, 1.82) is 0 Å². The largest absolute Gasteiger partial charge is 0.494 e. The second kappa shape index (κ2) is 10.7. The molecular formula is C31H26ClF3N4O4. The Morgan fingerprint density at radius 2 is 1.88 bits per heavy atom. The van der Waals surface area contributed by atoms with Crippen molar-refractivity contribution in [2.45, 2.75) is 31.1 Å². The van der Waals surface area contributed by atoms with E-state index in [9.17, 15) is 18.4 Å². The molecule has 0 radical (unpaired) electrons. The summed E-state index contributed by atoms with van der Waals surface area (Å²) >= 11 is 6.11. The highest BCUT2D eigenvalue weighted by molar-refractivity contribution is 6.31. The number of nitrogens with two attached hydrogens (primary N) is 1. The summed E-state index contributed by atoms with van der Waals surface area (Å²) in [5, 5.41) is 3.98. The third-order valence-electron chi connectivity index (χ3n) is 8.15. The Hall–Kier alpha value is -4.38. The molecule has 3 heterocycles. The van der Waals surface area contributed by atoms with Gasteiger partial charge in [0.25, 0.3) is 5.91 Å². The van der Waals surface area contributed by atoms with E-state index in [2.05, 4.69) is 15.3 Å². The van der Waals surface area contributed by atoms with Crippen molar-refractivity contribution in [3.63, 3.8) is 0 Å². The summed E-state index contributed by atoms with van der Waals surface area (Å²) in [7, 11) is 1.48. The number of benzene rings is 2. The normalized spacial score (nSPS) is 18.2. The minimum Gasteiger partial charge on any atom is -0.494 e. The lowest BCUT2D eigenvalue weighted by molar-refractivity contribution is -0.123. The molecule has 222 valence electrons. The molecule has 2 aromatic heterocycles. The Balaban J connectivity index is 1.39. The van der Waals surface area contributed by atoms with E-state index in [0.29, 0.717) is 50.6 Å². The molecule has 43 heavy (non-hydrogen) atoms. The van der Waals surface area contributed by atoms with Gasteiger partial charge in [0.2, 0.25) is 5.91 Å². The number of fused-ring (bicyclic) bond motifs is 2. The van der Waals surface area contributed by atoms with E-state index in [1.165, 1.54) is 13.3 Å². The van der Waals surface area contributed by atoms with Crippen molar-refractivity contribution in [3.8, 4) is 22.8 Å². The van der Waals surface area contributed by atoms with Crippen LogP contribution in [0.3, 0.4) is 0 Å². The number of hydrogen-bond acceptors (Lipinski definition) is 6. The van der Waals surface area contributed by atoms with Crippen LogP contribution in [-0.4, -0.2) is 42.0 Å². The quantitative estimate of drug-likeness (QED) is 0.257. The lowest BCUT2D eigenvalue weighted by atomic mass is 9.82. The number of halogens is 4. The standard InChI is InChI=1S/C31H26ClF3N4O4/c1-31(30(36)41)13-43-28-20(31)9-24(39-27(28)18-8-22(34)23(35)10-21(18)33)19(14-3-4-14)12-38-29(40)16-5-15-6-17(32)11-37-26(15)25(7-16)42-2/h5-11,14,19H,3-4,12-13H2,1-2H3,(H2,36,41)(H,38,40)/t19-,31-/m0/s1. The van der Waals surface area contributed by atoms with E-state index in [-0.39, 0.29) is 47.9 Å². The van der Waals surface area contributed by atoms with Crippen LogP contribution < -0.4 is 20.5 Å². The van der Waals surface area contributed by atoms with Gasteiger partial charge in [0.15, 0.2) is 11.6 Å². The topological polar surface area (TPSA) is 116 Å². The number of methoxy groups -OCH3 is 1. The molecule has 2 amide bonds. The summed E-state index contributed by atoms with van der Waals surface area (Å²) in [5.41, 5.74) is 5.75. The van der Waals surface area contributed by atoms with Crippen LogP contribution in [0.4, 0.5) is 13.2 Å². The maximum absolute atomic E-state index is 15.0. The fourth-order valence-corrected chi connectivity index (χ4v) is 5.64. The Morgan fingerprint density at radius 3 is 2.58 bits per heavy atom. The van der Waals surface area contributed by atoms with Crippen molar-refractivity contribution in [2.75, 3.05) is 20.3 Å². The number of pyridine rings is 2. The molecule has 4 aromatic rings. The monoisotopic (exact) mass is 610 g/mol. The summed E-state index contributed by atoms with van der Waals surface area (Å²) in [6.45, 7) is 1.62. The summed E-state index contributed by atoms with van der Waals surface area (Å²) < 4.78 is 54.3. The van der Waals surface area contributed by atoms with Gasteiger partial charge < -0.3 is 20.5 Å². The first-order valence-electron chi connectivity index (χ1n) is 13.5. The molecule has 2 aromatic carbocycles. The van der Waals surface area contributed by atoms with E-state index in [1.807, 2.05) is 0 Å². The minimum atomic E-state index is -1.35. The lowest BCUT2D eigenvalue weighted by Crippen LogP contribution is -2.40. The molecule has 12 heteroatoms. The number of ether oxygens (including phenoxy) is 2. The summed E-state index contributed by atoms with van der Waals surface area (Å²) in [6.07, 6.45) is 3.20. The van der Waals surface area contributed by atoms with Crippen LogP contribution in [-0.2, 0) is 10.2 Å². The van der Waals surface area contributed by atoms with Crippen LogP contribution in [0.2, 0.25) is 5.02 Å². The molecule has 1 saturated carbocycles. The number of primary amides is 1. The van der Waals surface area contributed by atoms with E-state index >= 15 is 4.39 Å². The van der Waals surface area contributed by atoms with Gasteiger partial charge in [-0.1, -0.05) is 11.6 Å². The summed E-state index contributed by atoms with van der Waals surface area (Å²) in [6, 6.07) is 7.75. The fraction of sp³-hybridized carbons (Fsp3) is 0.290. The third-order valence-corrected chi connectivity index (χ3v) is 8.36. The maximum Gasteiger partial charge on any atom is 0.251 e. The van der Waals surface area contributed by atoms with Crippen molar-refractivity contribution >= 4 is 34.3 Å². The predicted molar refractivity (Wildman–Crippen MR) is 153 cm³/mol. The molecule has 0 bridgehead atoms. The van der Waals surface area contributed by atoms with Gasteiger partial charge in [0.05, 0.1) is 12.1 Å². The summed E-state index contributed by atoms with van der Waals surface area (Å²) in [4.78, 5) is 34.8. The van der Waals surface area contributed by atoms with E-state index in [0.717, 1.165) is 12.8 Å². The number of nitrogens with one attached hydrogen (secondary N) is 1. The first-order chi connectivity index (χ1) is 20.5. The molecule has 8 nitrogen and oxygen atoms in total. The van der Waals surface area contributed by atoms with Crippen LogP contribution in [0.1, 0.15) is 47.3 Å². The second-order valence-electron chi connectivity index (χ2n) is 11.1. The van der Waals surface area contributed by atoms with Crippen molar-refractivity contribution in [1.82, 2.24) is 15.3 Å². The number of rotatable bonds is 8. The van der Waals surface area contributed by atoms with Gasteiger partial charge >= 0.3 is 0 Å². The highest BCUT2D eigenvalue weighted by Crippen LogP contribution is 2.48. The molecule has 0 spiro atoms. The molecule has 6 rings (SSSR count). The zero-order valence-corrected chi connectivity index (χ0v) is 23.9. The third kappa shape index (κ3) is 5.11. The SMILES string of the molecule is COc1cc(C(=O)NC[C@H](c2cc3c(c(-c4cc(F)c(F)cc4F)n2)OC[C@]3(C)C(N)=O)C2CC2)cc2cc(Cl)cnc12. The highest BCUT2D eigenvalue weighted by Gasteiger charge is 2.45. The molecule has 1 aliphatic heterocycles. The number of carbonyl (C=O) groups excluding carboxylic acids is 2. The molecule has 2 atom stereocenters. The average Bonchev–Trinajstić information content (AvgIpc) is 3.76. The van der Waals surface area contributed by atoms with E-state index in [1.54, 1.807) is 31.2 Å². The first-order valence-corrected chi connectivity index (χ1v) is 13.9. The number of hydrogen-bond donors (Lipinski definition) is 2. The van der Waals surface area contributed by atoms with Gasteiger partial charge in [-0.05, 0) is 56.0 Å². The number of amides is 2. The number of aromatic nitrogens is 2. The van der Waals surface area contributed by atoms with Crippen LogP contribution in [0, 0.1) is 23.4 Å². The summed E-state index contributed by atoms with van der Waals surface area (Å²) in [5.74, 6) is -4.45. The predicted octanol–water partition coefficient (Wildman–Crippen LogP) is 5.44. The number of carbonyl (C=O) groups is 2. The van der Waals surface area contributed by atoms with Crippen LogP contribution in [0.25, 0.3) is 22.2 Å². The Labute approximate surface area is 249 Å². The molecule has 1 aliphatic carbocycles. The van der Waals surface area contributed by atoms with Crippen molar-refractivity contribution in [2.24, 2.45) is 11.7 Å². The van der Waals surface area contributed by atoms with Gasteiger partial charge in [-0.2, -0.15) is 0 Å². The molecule has 2 aliphatic rings. The molecule has 1 fully saturated rings. The molecule has 0 unspecified atom stereocenters. The Morgan fingerprint density at radius 1 is 1.14 bits per heavy atom. The second-order valence-corrected chi connectivity index (χ2v) is 11.5. The fourth-order valence-electron chi connectivity index (χ4n) is 5.48. The molecule has 3 N–H and O–H groups in total. The van der Waals surface area contributed by atoms with Gasteiger partial charge in [-0.25, -0.2) is 18.2 Å². The van der Waals surface area contributed by atoms with E-state index in [4.69, 9.17) is 26.8 Å². The zero-order valence-electron chi connectivity index (χ0n) is 23.1. The van der Waals surface area contributed by atoms with Gasteiger partial charge in [-0.15, -0.1) is 0 Å². The van der Waals surface area contributed by atoms with Crippen LogP contribution >= 0.6 is 11.6 Å². The first kappa shape index (κ1) is 28.7. The average molecular weight is 611 g/mol. The van der Waals surface area contributed by atoms with Crippen LogP contribution in [0.15, 0.2) is 42.6 Å². The number of nitrogens with zero attached hydrogens (tertiary/aromatic N) is 2. The Kier molecular flexibility index (Phi) is 7.16. The van der Waals surface area contributed by atoms with Gasteiger partial charge in [0.1, 0.15) is 40.5 Å². The van der Waals surface area contributed by atoms with Crippen molar-refractivity contribution in [3.05, 3.63) is 81.9 Å². The molecular weight excluding hydrogens is 585 g/mol. The maximum atomic E-state index is 15.0. The Bertz CT molecular complexity index is 1820. The highest BCUT2D eigenvalue weighted by atomic mass is 35.5. The lowest BCUT2D eigenvalue weighted by Gasteiger charge is -2.22. The molecule has 0 saturated heterocycles. The zero-order chi connectivity index (χ0) is 30.6.